The van der Waals surface area contributed by atoms with Crippen molar-refractivity contribution in [2.75, 3.05) is 7.11 Å². The van der Waals surface area contributed by atoms with Crippen molar-refractivity contribution in [2.45, 2.75) is 19.1 Å². The highest BCUT2D eigenvalue weighted by Crippen LogP contribution is 2.16. The van der Waals surface area contributed by atoms with Crippen LogP contribution in [0.4, 0.5) is 13.2 Å². The Bertz CT molecular complexity index is 748. The Morgan fingerprint density at radius 2 is 1.83 bits per heavy atom. The molecule has 2 rings (SSSR count). The molecular formula is C16H14F3NO3. The van der Waals surface area contributed by atoms with Gasteiger partial charge in [-0.05, 0) is 23.8 Å². The van der Waals surface area contributed by atoms with Crippen molar-refractivity contribution in [1.82, 2.24) is 4.57 Å². The molecule has 0 amide bonds. The van der Waals surface area contributed by atoms with Crippen LogP contribution in [0.1, 0.15) is 21.5 Å². The normalized spacial score (nSPS) is 11.3. The van der Waals surface area contributed by atoms with Gasteiger partial charge in [0.2, 0.25) is 0 Å². The van der Waals surface area contributed by atoms with Gasteiger partial charge >= 0.3 is 12.1 Å². The average molecular weight is 325 g/mol. The van der Waals surface area contributed by atoms with E-state index in [0.717, 1.165) is 6.20 Å². The van der Waals surface area contributed by atoms with Gasteiger partial charge in [-0.25, -0.2) is 4.79 Å². The maximum absolute atomic E-state index is 12.4. The van der Waals surface area contributed by atoms with Gasteiger partial charge in [-0.1, -0.05) is 18.2 Å². The Hall–Kier alpha value is -2.57. The number of carbonyl (C=O) groups is 1. The molecule has 0 atom stereocenters. The van der Waals surface area contributed by atoms with E-state index in [9.17, 15) is 22.8 Å². The number of nitrogens with zero attached hydrogens (tertiary/aromatic N) is 1. The van der Waals surface area contributed by atoms with Crippen LogP contribution in [0, 0.1) is 0 Å². The minimum atomic E-state index is -4.45. The monoisotopic (exact) mass is 325 g/mol. The van der Waals surface area contributed by atoms with Gasteiger partial charge in [-0.3, -0.25) is 4.79 Å². The molecule has 23 heavy (non-hydrogen) atoms. The van der Waals surface area contributed by atoms with Crippen LogP contribution in [0.5, 0.6) is 0 Å². The highest BCUT2D eigenvalue weighted by atomic mass is 19.4. The Balaban J connectivity index is 2.22. The average Bonchev–Trinajstić information content (AvgIpc) is 2.50. The topological polar surface area (TPSA) is 48.3 Å². The third kappa shape index (κ3) is 4.45. The van der Waals surface area contributed by atoms with Crippen molar-refractivity contribution in [3.63, 3.8) is 0 Å². The van der Waals surface area contributed by atoms with Gasteiger partial charge in [0.25, 0.3) is 5.56 Å². The van der Waals surface area contributed by atoms with Crippen LogP contribution in [0.2, 0.25) is 0 Å². The molecule has 0 fully saturated rings. The molecule has 0 saturated heterocycles. The highest BCUT2D eigenvalue weighted by Gasteiger charge is 2.28. The fraction of sp³-hybridized carbons (Fsp3) is 0.250. The van der Waals surface area contributed by atoms with Crippen LogP contribution >= 0.6 is 0 Å². The predicted octanol–water partition coefficient (Wildman–Crippen LogP) is 2.79. The van der Waals surface area contributed by atoms with Crippen molar-refractivity contribution >= 4 is 5.97 Å². The molecule has 1 heterocycles. The number of rotatable bonds is 4. The fourth-order valence-electron chi connectivity index (χ4n) is 2.14. The van der Waals surface area contributed by atoms with Gasteiger partial charge in [0.15, 0.2) is 0 Å². The molecule has 0 spiro atoms. The Kier molecular flexibility index (Phi) is 4.88. The quantitative estimate of drug-likeness (QED) is 0.812. The number of alkyl halides is 3. The van der Waals surface area contributed by atoms with E-state index in [-0.39, 0.29) is 12.0 Å². The van der Waals surface area contributed by atoms with Crippen LogP contribution < -0.4 is 5.56 Å². The van der Waals surface area contributed by atoms with E-state index in [4.69, 9.17) is 0 Å². The van der Waals surface area contributed by atoms with E-state index in [1.165, 1.54) is 19.2 Å². The lowest BCUT2D eigenvalue weighted by atomic mass is 10.0. The predicted molar refractivity (Wildman–Crippen MR) is 77.3 cm³/mol. The van der Waals surface area contributed by atoms with Gasteiger partial charge in [0, 0.05) is 18.2 Å². The fourth-order valence-corrected chi connectivity index (χ4v) is 2.14. The second-order valence-corrected chi connectivity index (χ2v) is 4.95. The molecule has 122 valence electrons. The van der Waals surface area contributed by atoms with Crippen molar-refractivity contribution in [2.24, 2.45) is 0 Å². The summed E-state index contributed by atoms with van der Waals surface area (Å²) >= 11 is 0. The van der Waals surface area contributed by atoms with Gasteiger partial charge in [0.1, 0.15) is 6.54 Å². The van der Waals surface area contributed by atoms with E-state index in [0.29, 0.717) is 15.7 Å². The number of pyridine rings is 1. The van der Waals surface area contributed by atoms with Gasteiger partial charge in [-0.2, -0.15) is 13.2 Å². The van der Waals surface area contributed by atoms with E-state index < -0.39 is 24.2 Å². The molecule has 0 unspecified atom stereocenters. The molecule has 0 aliphatic rings. The van der Waals surface area contributed by atoms with Gasteiger partial charge in [0.05, 0.1) is 12.7 Å². The zero-order valence-corrected chi connectivity index (χ0v) is 12.3. The van der Waals surface area contributed by atoms with Crippen LogP contribution in [-0.2, 0) is 17.7 Å². The van der Waals surface area contributed by atoms with E-state index >= 15 is 0 Å². The highest BCUT2D eigenvalue weighted by molar-refractivity contribution is 5.89. The molecule has 1 aromatic heterocycles. The van der Waals surface area contributed by atoms with Gasteiger partial charge < -0.3 is 9.30 Å². The lowest BCUT2D eigenvalue weighted by Crippen LogP contribution is -2.29. The molecule has 0 saturated carbocycles. The van der Waals surface area contributed by atoms with Crippen LogP contribution in [-0.4, -0.2) is 23.8 Å². The van der Waals surface area contributed by atoms with Crippen LogP contribution in [0.25, 0.3) is 0 Å². The molecule has 4 nitrogen and oxygen atoms in total. The first kappa shape index (κ1) is 16.8. The summed E-state index contributed by atoms with van der Waals surface area (Å²) < 4.78 is 42.5. The van der Waals surface area contributed by atoms with E-state index in [1.807, 2.05) is 0 Å². The molecule has 1 aromatic carbocycles. The first-order valence-corrected chi connectivity index (χ1v) is 6.72. The minimum Gasteiger partial charge on any atom is -0.465 e. The van der Waals surface area contributed by atoms with Crippen LogP contribution in [0.15, 0.2) is 47.4 Å². The molecule has 0 bridgehead atoms. The number of methoxy groups -OCH3 is 1. The standard InChI is InChI=1S/C16H14F3NO3/c1-23-15(22)12-6-4-11(5-7-12)9-13-3-2-8-20(14(13)21)10-16(17,18)19/h2-8H,9-10H2,1H3. The SMILES string of the molecule is COC(=O)c1ccc(Cc2cccn(CC(F)(F)F)c2=O)cc1. The summed E-state index contributed by atoms with van der Waals surface area (Å²) in [6, 6.07) is 9.24. The molecule has 0 radical (unpaired) electrons. The first-order valence-electron chi connectivity index (χ1n) is 6.72. The van der Waals surface area contributed by atoms with Crippen molar-refractivity contribution in [3.05, 3.63) is 69.6 Å². The summed E-state index contributed by atoms with van der Waals surface area (Å²) in [7, 11) is 1.27. The number of benzene rings is 1. The summed E-state index contributed by atoms with van der Waals surface area (Å²) in [5, 5.41) is 0. The van der Waals surface area contributed by atoms with Crippen LogP contribution in [0.3, 0.4) is 0 Å². The first-order chi connectivity index (χ1) is 10.8. The lowest BCUT2D eigenvalue weighted by molar-refractivity contribution is -0.141. The molecular weight excluding hydrogens is 311 g/mol. The molecule has 7 heteroatoms. The number of carbonyl (C=O) groups excluding carboxylic acids is 1. The van der Waals surface area contributed by atoms with Gasteiger partial charge in [-0.15, -0.1) is 0 Å². The number of hydrogen-bond donors (Lipinski definition) is 0. The number of aromatic nitrogens is 1. The zero-order valence-electron chi connectivity index (χ0n) is 12.3. The second-order valence-electron chi connectivity index (χ2n) is 4.95. The lowest BCUT2D eigenvalue weighted by Gasteiger charge is -2.10. The number of hydrogen-bond acceptors (Lipinski definition) is 3. The summed E-state index contributed by atoms with van der Waals surface area (Å²) in [5.41, 5.74) is 0.641. The Labute approximate surface area is 130 Å². The number of esters is 1. The second kappa shape index (κ2) is 6.68. The zero-order chi connectivity index (χ0) is 17.0. The smallest absolute Gasteiger partial charge is 0.406 e. The molecule has 0 aliphatic carbocycles. The molecule has 0 aliphatic heterocycles. The minimum absolute atomic E-state index is 0.180. The maximum atomic E-state index is 12.4. The largest absolute Gasteiger partial charge is 0.465 e. The maximum Gasteiger partial charge on any atom is 0.406 e. The third-order valence-corrected chi connectivity index (χ3v) is 3.22. The van der Waals surface area contributed by atoms with Crippen molar-refractivity contribution in [1.29, 1.82) is 0 Å². The van der Waals surface area contributed by atoms with E-state index in [1.54, 1.807) is 24.3 Å². The Morgan fingerprint density at radius 1 is 1.17 bits per heavy atom. The summed E-state index contributed by atoms with van der Waals surface area (Å²) in [6.07, 6.45) is -3.16. The third-order valence-electron chi connectivity index (χ3n) is 3.22. The Morgan fingerprint density at radius 3 is 2.39 bits per heavy atom. The van der Waals surface area contributed by atoms with E-state index in [2.05, 4.69) is 4.74 Å². The molecule has 0 N–H and O–H groups in total. The number of ether oxygens (including phenoxy) is 1. The summed E-state index contributed by atoms with van der Waals surface area (Å²) in [6.45, 7) is -1.32. The van der Waals surface area contributed by atoms with Crippen molar-refractivity contribution < 1.29 is 22.7 Å². The molecule has 2 aromatic rings. The number of halogens is 3. The summed E-state index contributed by atoms with van der Waals surface area (Å²) in [4.78, 5) is 23.4. The van der Waals surface area contributed by atoms with Crippen molar-refractivity contribution in [3.8, 4) is 0 Å². The summed E-state index contributed by atoms with van der Waals surface area (Å²) in [5.74, 6) is -0.483.